The summed E-state index contributed by atoms with van der Waals surface area (Å²) in [6.07, 6.45) is 3.43. The van der Waals surface area contributed by atoms with Crippen LogP contribution in [0.5, 0.6) is 5.75 Å². The SMILES string of the molecule is O=C1CCc2cc(OCCCCSc3ccc4ccccc4n3)ccc2N1. The molecule has 0 spiro atoms. The molecule has 138 valence electrons. The molecule has 0 radical (unpaired) electrons. The Balaban J connectivity index is 1.20. The van der Waals surface area contributed by atoms with Gasteiger partial charge in [-0.3, -0.25) is 4.79 Å². The number of thioether (sulfide) groups is 1. The largest absolute Gasteiger partial charge is 0.494 e. The summed E-state index contributed by atoms with van der Waals surface area (Å²) >= 11 is 1.79. The van der Waals surface area contributed by atoms with Crippen LogP contribution >= 0.6 is 11.8 Å². The van der Waals surface area contributed by atoms with Gasteiger partial charge in [-0.05, 0) is 60.9 Å². The Morgan fingerprint density at radius 1 is 1.04 bits per heavy atom. The summed E-state index contributed by atoms with van der Waals surface area (Å²) in [4.78, 5) is 16.1. The van der Waals surface area contributed by atoms with E-state index in [-0.39, 0.29) is 5.91 Å². The average molecular weight is 378 g/mol. The number of carbonyl (C=O) groups excluding carboxylic acids is 1. The Morgan fingerprint density at radius 2 is 1.96 bits per heavy atom. The zero-order valence-electron chi connectivity index (χ0n) is 15.1. The monoisotopic (exact) mass is 378 g/mol. The molecule has 0 aliphatic carbocycles. The van der Waals surface area contributed by atoms with Gasteiger partial charge in [0, 0.05) is 17.5 Å². The van der Waals surface area contributed by atoms with E-state index in [1.807, 2.05) is 30.3 Å². The molecular formula is C22H22N2O2S. The standard InChI is InChI=1S/C22H22N2O2S/c25-21-11-7-17-15-18(9-10-20(17)23-21)26-13-3-4-14-27-22-12-8-16-5-1-2-6-19(16)24-22/h1-2,5-6,8-10,12,15H,3-4,7,11,13-14H2,(H,23,25). The highest BCUT2D eigenvalue weighted by Gasteiger charge is 2.14. The third-order valence-electron chi connectivity index (χ3n) is 4.60. The van der Waals surface area contributed by atoms with Gasteiger partial charge >= 0.3 is 0 Å². The maximum atomic E-state index is 11.4. The van der Waals surface area contributed by atoms with Gasteiger partial charge in [-0.2, -0.15) is 0 Å². The quantitative estimate of drug-likeness (QED) is 0.461. The van der Waals surface area contributed by atoms with E-state index in [1.54, 1.807) is 11.8 Å². The number of fused-ring (bicyclic) bond motifs is 2. The number of hydrogen-bond donors (Lipinski definition) is 1. The minimum absolute atomic E-state index is 0.0922. The number of aryl methyl sites for hydroxylation is 1. The van der Waals surface area contributed by atoms with Gasteiger partial charge < -0.3 is 10.1 Å². The molecule has 1 amide bonds. The number of ether oxygens (including phenoxy) is 1. The molecule has 4 rings (SSSR count). The van der Waals surface area contributed by atoms with Gasteiger partial charge in [-0.25, -0.2) is 4.98 Å². The third-order valence-corrected chi connectivity index (χ3v) is 5.62. The minimum Gasteiger partial charge on any atom is -0.494 e. The highest BCUT2D eigenvalue weighted by atomic mass is 32.2. The van der Waals surface area contributed by atoms with E-state index in [9.17, 15) is 4.79 Å². The van der Waals surface area contributed by atoms with E-state index >= 15 is 0 Å². The summed E-state index contributed by atoms with van der Waals surface area (Å²) in [5.74, 6) is 2.01. The molecule has 3 aromatic rings. The molecule has 0 bridgehead atoms. The molecule has 4 nitrogen and oxygen atoms in total. The number of anilines is 1. The van der Waals surface area contributed by atoms with E-state index in [0.29, 0.717) is 13.0 Å². The Hall–Kier alpha value is -2.53. The van der Waals surface area contributed by atoms with Crippen molar-refractivity contribution in [1.82, 2.24) is 4.98 Å². The van der Waals surface area contributed by atoms with E-state index < -0.39 is 0 Å². The zero-order valence-corrected chi connectivity index (χ0v) is 15.9. The molecule has 0 fully saturated rings. The van der Waals surface area contributed by atoms with E-state index in [4.69, 9.17) is 4.74 Å². The van der Waals surface area contributed by atoms with Gasteiger partial charge in [0.1, 0.15) is 5.75 Å². The van der Waals surface area contributed by atoms with Gasteiger partial charge in [-0.15, -0.1) is 11.8 Å². The van der Waals surface area contributed by atoms with Crippen LogP contribution in [0.2, 0.25) is 0 Å². The van der Waals surface area contributed by atoms with Gasteiger partial charge in [0.25, 0.3) is 0 Å². The molecule has 0 saturated heterocycles. The first-order valence-corrected chi connectivity index (χ1v) is 10.3. The number of carbonyl (C=O) groups is 1. The van der Waals surface area contributed by atoms with Crippen LogP contribution in [0.3, 0.4) is 0 Å². The lowest BCUT2D eigenvalue weighted by molar-refractivity contribution is -0.116. The summed E-state index contributed by atoms with van der Waals surface area (Å²) in [6.45, 7) is 0.705. The zero-order chi connectivity index (χ0) is 18.5. The van der Waals surface area contributed by atoms with Crippen molar-refractivity contribution in [2.75, 3.05) is 17.7 Å². The predicted molar refractivity (Wildman–Crippen MR) is 111 cm³/mol. The summed E-state index contributed by atoms with van der Waals surface area (Å²) in [6, 6.07) is 18.3. The van der Waals surface area contributed by atoms with Gasteiger partial charge in [-0.1, -0.05) is 24.3 Å². The molecule has 0 atom stereocenters. The molecule has 1 aromatic heterocycles. The smallest absolute Gasteiger partial charge is 0.224 e. The van der Waals surface area contributed by atoms with Crippen LogP contribution in [0.4, 0.5) is 5.69 Å². The topological polar surface area (TPSA) is 51.2 Å². The summed E-state index contributed by atoms with van der Waals surface area (Å²) in [5, 5.41) is 5.15. The molecule has 2 aromatic carbocycles. The fraction of sp³-hybridized carbons (Fsp3) is 0.273. The Kier molecular flexibility index (Phi) is 5.58. The third kappa shape index (κ3) is 4.61. The summed E-state index contributed by atoms with van der Waals surface area (Å²) in [7, 11) is 0. The van der Waals surface area contributed by atoms with Crippen molar-refractivity contribution >= 4 is 34.3 Å². The second kappa shape index (κ2) is 8.44. The number of rotatable bonds is 7. The lowest BCUT2D eigenvalue weighted by atomic mass is 10.0. The van der Waals surface area contributed by atoms with Crippen LogP contribution in [0.25, 0.3) is 10.9 Å². The van der Waals surface area contributed by atoms with Crippen molar-refractivity contribution in [2.45, 2.75) is 30.7 Å². The Bertz CT molecular complexity index is 958. The number of amides is 1. The molecule has 1 aliphatic heterocycles. The fourth-order valence-electron chi connectivity index (χ4n) is 3.15. The lowest BCUT2D eigenvalue weighted by Gasteiger charge is -2.17. The van der Waals surface area contributed by atoms with Gasteiger partial charge in [0.15, 0.2) is 0 Å². The van der Waals surface area contributed by atoms with Crippen molar-refractivity contribution in [3.8, 4) is 5.75 Å². The van der Waals surface area contributed by atoms with Crippen molar-refractivity contribution < 1.29 is 9.53 Å². The fourth-order valence-corrected chi connectivity index (χ4v) is 4.03. The Labute approximate surface area is 163 Å². The van der Waals surface area contributed by atoms with Crippen molar-refractivity contribution in [3.05, 3.63) is 60.2 Å². The Morgan fingerprint density at radius 3 is 2.93 bits per heavy atom. The second-order valence-electron chi connectivity index (χ2n) is 6.61. The highest BCUT2D eigenvalue weighted by Crippen LogP contribution is 2.27. The number of aromatic nitrogens is 1. The number of nitrogens with zero attached hydrogens (tertiary/aromatic N) is 1. The summed E-state index contributed by atoms with van der Waals surface area (Å²) in [5.41, 5.74) is 3.12. The molecule has 1 N–H and O–H groups in total. The molecule has 2 heterocycles. The van der Waals surface area contributed by atoms with Crippen LogP contribution in [0.1, 0.15) is 24.8 Å². The maximum Gasteiger partial charge on any atom is 0.224 e. The molecule has 1 aliphatic rings. The van der Waals surface area contributed by atoms with Gasteiger partial charge in [0.05, 0.1) is 17.1 Å². The molecule has 27 heavy (non-hydrogen) atoms. The van der Waals surface area contributed by atoms with Crippen molar-refractivity contribution in [2.24, 2.45) is 0 Å². The van der Waals surface area contributed by atoms with E-state index in [2.05, 4.69) is 34.6 Å². The maximum absolute atomic E-state index is 11.4. The van der Waals surface area contributed by atoms with Crippen LogP contribution in [-0.4, -0.2) is 23.3 Å². The lowest BCUT2D eigenvalue weighted by Crippen LogP contribution is -2.18. The highest BCUT2D eigenvalue weighted by molar-refractivity contribution is 7.99. The number of benzene rings is 2. The van der Waals surface area contributed by atoms with Crippen LogP contribution in [0, 0.1) is 0 Å². The molecule has 0 unspecified atom stereocenters. The normalized spacial score (nSPS) is 13.3. The number of hydrogen-bond acceptors (Lipinski definition) is 4. The number of para-hydroxylation sites is 1. The minimum atomic E-state index is 0.0922. The van der Waals surface area contributed by atoms with Crippen molar-refractivity contribution in [1.29, 1.82) is 0 Å². The van der Waals surface area contributed by atoms with Crippen LogP contribution in [-0.2, 0) is 11.2 Å². The predicted octanol–water partition coefficient (Wildman–Crippen LogP) is 5.07. The average Bonchev–Trinajstić information content (AvgIpc) is 2.70. The van der Waals surface area contributed by atoms with Crippen LogP contribution in [0.15, 0.2) is 59.6 Å². The number of unbranched alkanes of at least 4 members (excludes halogenated alkanes) is 1. The summed E-state index contributed by atoms with van der Waals surface area (Å²) < 4.78 is 5.87. The van der Waals surface area contributed by atoms with E-state index in [1.165, 1.54) is 5.39 Å². The molecular weight excluding hydrogens is 356 g/mol. The first-order valence-electron chi connectivity index (χ1n) is 9.32. The number of nitrogens with one attached hydrogen (secondary N) is 1. The number of pyridine rings is 1. The van der Waals surface area contributed by atoms with Crippen LogP contribution < -0.4 is 10.1 Å². The van der Waals surface area contributed by atoms with Gasteiger partial charge in [0.2, 0.25) is 5.91 Å². The second-order valence-corrected chi connectivity index (χ2v) is 7.73. The van der Waals surface area contributed by atoms with E-state index in [0.717, 1.165) is 52.6 Å². The molecule has 0 saturated carbocycles. The van der Waals surface area contributed by atoms with Crippen molar-refractivity contribution in [3.63, 3.8) is 0 Å². The first-order chi connectivity index (χ1) is 13.3. The molecule has 5 heteroatoms. The first kappa shape index (κ1) is 17.9.